The number of furan rings is 1. The molecular formula is C10H13NO5S. The maximum atomic E-state index is 11.8. The normalized spacial score (nSPS) is 24.3. The van der Waals surface area contributed by atoms with Crippen molar-refractivity contribution in [2.45, 2.75) is 30.9 Å². The Balaban J connectivity index is 2.11. The molecule has 0 spiro atoms. The molecule has 1 aliphatic carbocycles. The molecule has 6 nitrogen and oxygen atoms in total. The molecule has 1 fully saturated rings. The van der Waals surface area contributed by atoms with E-state index in [-0.39, 0.29) is 16.9 Å². The van der Waals surface area contributed by atoms with Crippen LogP contribution in [-0.4, -0.2) is 25.5 Å². The van der Waals surface area contributed by atoms with Gasteiger partial charge in [-0.3, -0.25) is 0 Å². The molecule has 1 aliphatic rings. The number of carbonyl (C=O) groups is 1. The minimum Gasteiger partial charge on any atom is -0.475 e. The highest BCUT2D eigenvalue weighted by Crippen LogP contribution is 2.28. The van der Waals surface area contributed by atoms with Crippen molar-refractivity contribution in [2.75, 3.05) is 0 Å². The molecule has 0 aliphatic heterocycles. The molecule has 0 radical (unpaired) electrons. The summed E-state index contributed by atoms with van der Waals surface area (Å²) < 4.78 is 30.8. The van der Waals surface area contributed by atoms with Gasteiger partial charge in [-0.2, -0.15) is 0 Å². The predicted octanol–water partition coefficient (Wildman–Crippen LogP) is 1.05. The molecule has 7 heteroatoms. The topological polar surface area (TPSA) is 96.6 Å². The lowest BCUT2D eigenvalue weighted by Crippen LogP contribution is -2.43. The second kappa shape index (κ2) is 4.15. The first kappa shape index (κ1) is 12.1. The first-order valence-corrected chi connectivity index (χ1v) is 6.72. The molecule has 1 saturated carbocycles. The van der Waals surface area contributed by atoms with E-state index in [2.05, 4.69) is 4.72 Å². The second-order valence-electron chi connectivity index (χ2n) is 4.32. The first-order valence-electron chi connectivity index (χ1n) is 5.24. The van der Waals surface area contributed by atoms with Crippen molar-refractivity contribution in [2.24, 2.45) is 5.92 Å². The van der Waals surface area contributed by atoms with Gasteiger partial charge in [0.05, 0.1) is 0 Å². The molecule has 1 heterocycles. The Kier molecular flexibility index (Phi) is 2.96. The Morgan fingerprint density at radius 3 is 2.59 bits per heavy atom. The van der Waals surface area contributed by atoms with E-state index in [4.69, 9.17) is 9.52 Å². The molecule has 2 N–H and O–H groups in total. The monoisotopic (exact) mass is 259 g/mol. The van der Waals surface area contributed by atoms with Crippen LogP contribution in [0.2, 0.25) is 0 Å². The quantitative estimate of drug-likeness (QED) is 0.842. The lowest BCUT2D eigenvalue weighted by atomic mass is 9.83. The lowest BCUT2D eigenvalue weighted by molar-refractivity contribution is 0.0656. The molecule has 0 aromatic carbocycles. The van der Waals surface area contributed by atoms with Crippen molar-refractivity contribution in [3.8, 4) is 0 Å². The van der Waals surface area contributed by atoms with Gasteiger partial charge in [0.25, 0.3) is 10.0 Å². The summed E-state index contributed by atoms with van der Waals surface area (Å²) in [6, 6.07) is 2.20. The van der Waals surface area contributed by atoms with Crippen LogP contribution in [0.25, 0.3) is 0 Å². The maximum Gasteiger partial charge on any atom is 0.371 e. The van der Waals surface area contributed by atoms with E-state index >= 15 is 0 Å². The van der Waals surface area contributed by atoms with Gasteiger partial charge in [-0.1, -0.05) is 6.92 Å². The molecule has 0 atom stereocenters. The zero-order valence-corrected chi connectivity index (χ0v) is 10.0. The van der Waals surface area contributed by atoms with Gasteiger partial charge >= 0.3 is 5.97 Å². The highest BCUT2D eigenvalue weighted by molar-refractivity contribution is 7.89. The Morgan fingerprint density at radius 2 is 2.12 bits per heavy atom. The molecule has 0 amide bonds. The fraction of sp³-hybridized carbons (Fsp3) is 0.500. The molecule has 0 unspecified atom stereocenters. The van der Waals surface area contributed by atoms with Gasteiger partial charge in [-0.05, 0) is 30.9 Å². The Labute approximate surface area is 98.7 Å². The fourth-order valence-corrected chi connectivity index (χ4v) is 3.05. The van der Waals surface area contributed by atoms with Crippen molar-refractivity contribution in [1.82, 2.24) is 4.72 Å². The lowest BCUT2D eigenvalue weighted by Gasteiger charge is -2.32. The van der Waals surface area contributed by atoms with E-state index in [1.165, 1.54) is 0 Å². The SMILES string of the molecule is CC1CC(NS(=O)(=O)c2ccc(C(=O)O)o2)C1. The van der Waals surface area contributed by atoms with Crippen LogP contribution in [0.3, 0.4) is 0 Å². The van der Waals surface area contributed by atoms with Crippen molar-refractivity contribution in [3.63, 3.8) is 0 Å². The van der Waals surface area contributed by atoms with Crippen LogP contribution in [0, 0.1) is 5.92 Å². The van der Waals surface area contributed by atoms with E-state index < -0.39 is 16.0 Å². The zero-order valence-electron chi connectivity index (χ0n) is 9.21. The number of carboxylic acids is 1. The Hall–Kier alpha value is -1.34. The number of nitrogens with one attached hydrogen (secondary N) is 1. The van der Waals surface area contributed by atoms with Crippen molar-refractivity contribution < 1.29 is 22.7 Å². The Bertz CT molecular complexity index is 527. The molecule has 0 saturated heterocycles. The summed E-state index contributed by atoms with van der Waals surface area (Å²) in [5.41, 5.74) is 0. The maximum absolute atomic E-state index is 11.8. The van der Waals surface area contributed by atoms with Gasteiger partial charge in [0.1, 0.15) is 0 Å². The van der Waals surface area contributed by atoms with Gasteiger partial charge in [-0.15, -0.1) is 0 Å². The number of hydrogen-bond acceptors (Lipinski definition) is 4. The largest absolute Gasteiger partial charge is 0.475 e. The van der Waals surface area contributed by atoms with Gasteiger partial charge in [0.2, 0.25) is 10.9 Å². The van der Waals surface area contributed by atoms with E-state index in [1.54, 1.807) is 0 Å². The molecule has 0 bridgehead atoms. The third-order valence-electron chi connectivity index (χ3n) is 2.75. The third kappa shape index (κ3) is 2.50. The summed E-state index contributed by atoms with van der Waals surface area (Å²) >= 11 is 0. The van der Waals surface area contributed by atoms with Crippen LogP contribution in [0.4, 0.5) is 0 Å². The average Bonchev–Trinajstić information content (AvgIpc) is 2.64. The second-order valence-corrected chi connectivity index (χ2v) is 5.96. The summed E-state index contributed by atoms with van der Waals surface area (Å²) in [4.78, 5) is 10.6. The number of rotatable bonds is 4. The molecular weight excluding hydrogens is 246 g/mol. The highest BCUT2D eigenvalue weighted by Gasteiger charge is 2.31. The number of hydrogen-bond donors (Lipinski definition) is 2. The zero-order chi connectivity index (χ0) is 12.6. The molecule has 2 rings (SSSR count). The smallest absolute Gasteiger partial charge is 0.371 e. The first-order chi connectivity index (χ1) is 7.88. The van der Waals surface area contributed by atoms with E-state index in [1.807, 2.05) is 6.92 Å². The highest BCUT2D eigenvalue weighted by atomic mass is 32.2. The van der Waals surface area contributed by atoms with Gasteiger partial charge < -0.3 is 9.52 Å². The summed E-state index contributed by atoms with van der Waals surface area (Å²) in [6.45, 7) is 2.04. The minimum absolute atomic E-state index is 0.0756. The number of carboxylic acid groups (broad SMARTS) is 1. The average molecular weight is 259 g/mol. The molecule has 1 aromatic rings. The minimum atomic E-state index is -3.74. The van der Waals surface area contributed by atoms with Crippen LogP contribution in [0.1, 0.15) is 30.3 Å². The molecule has 1 aromatic heterocycles. The summed E-state index contributed by atoms with van der Waals surface area (Å²) in [5, 5.41) is 8.28. The summed E-state index contributed by atoms with van der Waals surface area (Å²) in [5.74, 6) is -1.15. The molecule has 94 valence electrons. The van der Waals surface area contributed by atoms with Crippen LogP contribution in [-0.2, 0) is 10.0 Å². The Morgan fingerprint density at radius 1 is 1.47 bits per heavy atom. The van der Waals surface area contributed by atoms with Crippen molar-refractivity contribution >= 4 is 16.0 Å². The van der Waals surface area contributed by atoms with Gasteiger partial charge in [0, 0.05) is 6.04 Å². The summed E-state index contributed by atoms with van der Waals surface area (Å²) in [7, 11) is -3.74. The van der Waals surface area contributed by atoms with Crippen LogP contribution >= 0.6 is 0 Å². The number of aromatic carboxylic acids is 1. The third-order valence-corrected chi connectivity index (χ3v) is 4.15. The van der Waals surface area contributed by atoms with Crippen LogP contribution in [0.5, 0.6) is 0 Å². The summed E-state index contributed by atoms with van der Waals surface area (Å²) in [6.07, 6.45) is 1.59. The van der Waals surface area contributed by atoms with E-state index in [9.17, 15) is 13.2 Å². The van der Waals surface area contributed by atoms with Crippen molar-refractivity contribution in [1.29, 1.82) is 0 Å². The van der Waals surface area contributed by atoms with Gasteiger partial charge in [-0.25, -0.2) is 17.9 Å². The number of sulfonamides is 1. The molecule has 17 heavy (non-hydrogen) atoms. The van der Waals surface area contributed by atoms with Gasteiger partial charge in [0.15, 0.2) is 0 Å². The van der Waals surface area contributed by atoms with Crippen LogP contribution < -0.4 is 4.72 Å². The fourth-order valence-electron chi connectivity index (χ4n) is 1.86. The van der Waals surface area contributed by atoms with E-state index in [0.29, 0.717) is 5.92 Å². The van der Waals surface area contributed by atoms with Crippen LogP contribution in [0.15, 0.2) is 21.6 Å². The van der Waals surface area contributed by atoms with Crippen molar-refractivity contribution in [3.05, 3.63) is 17.9 Å². The predicted molar refractivity (Wildman–Crippen MR) is 58.2 cm³/mol. The van der Waals surface area contributed by atoms with E-state index in [0.717, 1.165) is 25.0 Å². The standard InChI is InChI=1S/C10H13NO5S/c1-6-4-7(5-6)11-17(14,15)9-3-2-8(16-9)10(12)13/h2-3,6-7,11H,4-5H2,1H3,(H,12,13).